The fourth-order valence-corrected chi connectivity index (χ4v) is 2.03. The summed E-state index contributed by atoms with van der Waals surface area (Å²) in [6, 6.07) is 6.35. The molecule has 0 unspecified atom stereocenters. The van der Waals surface area contributed by atoms with Gasteiger partial charge in [-0.1, -0.05) is 23.8 Å². The molecule has 0 fully saturated rings. The standard InChI is InChI=1S/C15H18N2O3/c1-10-4-5-11(2)12(6-10)7-17(3)8-14-16-13(9-20-14)15(18)19/h4-6,9H,7-8H2,1-3H3,(H,18,19). The Labute approximate surface area is 117 Å². The first-order valence-electron chi connectivity index (χ1n) is 6.38. The summed E-state index contributed by atoms with van der Waals surface area (Å²) in [4.78, 5) is 16.7. The van der Waals surface area contributed by atoms with Crippen molar-refractivity contribution < 1.29 is 14.3 Å². The Morgan fingerprint density at radius 2 is 2.10 bits per heavy atom. The molecule has 0 amide bonds. The van der Waals surface area contributed by atoms with Crippen molar-refractivity contribution in [2.75, 3.05) is 7.05 Å². The van der Waals surface area contributed by atoms with Gasteiger partial charge in [-0.25, -0.2) is 9.78 Å². The lowest BCUT2D eigenvalue weighted by Crippen LogP contribution is -2.18. The minimum Gasteiger partial charge on any atom is -0.476 e. The van der Waals surface area contributed by atoms with Crippen LogP contribution in [0.5, 0.6) is 0 Å². The maximum absolute atomic E-state index is 10.7. The summed E-state index contributed by atoms with van der Waals surface area (Å²) in [7, 11) is 1.95. The molecule has 0 saturated carbocycles. The van der Waals surface area contributed by atoms with E-state index in [2.05, 4.69) is 37.0 Å². The second kappa shape index (κ2) is 5.88. The number of aryl methyl sites for hydroxylation is 2. The summed E-state index contributed by atoms with van der Waals surface area (Å²) in [5.74, 6) is -0.660. The molecule has 0 saturated heterocycles. The molecule has 1 heterocycles. The largest absolute Gasteiger partial charge is 0.476 e. The minimum atomic E-state index is -1.07. The van der Waals surface area contributed by atoms with E-state index in [1.807, 2.05) is 11.9 Å². The van der Waals surface area contributed by atoms with Gasteiger partial charge in [-0.05, 0) is 32.0 Å². The Balaban J connectivity index is 2.02. The molecule has 0 radical (unpaired) electrons. The van der Waals surface area contributed by atoms with E-state index in [1.165, 1.54) is 23.0 Å². The van der Waals surface area contributed by atoms with Gasteiger partial charge in [0.25, 0.3) is 0 Å². The minimum absolute atomic E-state index is 0.0554. The molecule has 0 aliphatic rings. The number of carboxylic acids is 1. The van der Waals surface area contributed by atoms with Crippen LogP contribution in [0.25, 0.3) is 0 Å². The maximum Gasteiger partial charge on any atom is 0.357 e. The Morgan fingerprint density at radius 3 is 2.75 bits per heavy atom. The zero-order chi connectivity index (χ0) is 14.7. The van der Waals surface area contributed by atoms with Crippen LogP contribution in [0.4, 0.5) is 0 Å². The number of aromatic carboxylic acids is 1. The summed E-state index contributed by atoms with van der Waals surface area (Å²) in [5.41, 5.74) is 3.65. The molecule has 106 valence electrons. The van der Waals surface area contributed by atoms with Gasteiger partial charge >= 0.3 is 5.97 Å². The van der Waals surface area contributed by atoms with Crippen LogP contribution in [-0.4, -0.2) is 28.0 Å². The number of rotatable bonds is 5. The van der Waals surface area contributed by atoms with Gasteiger partial charge < -0.3 is 9.52 Å². The van der Waals surface area contributed by atoms with Crippen molar-refractivity contribution in [3.63, 3.8) is 0 Å². The lowest BCUT2D eigenvalue weighted by Gasteiger charge is -2.16. The number of carbonyl (C=O) groups is 1. The Morgan fingerprint density at radius 1 is 1.35 bits per heavy atom. The molecule has 0 atom stereocenters. The van der Waals surface area contributed by atoms with Gasteiger partial charge in [0.15, 0.2) is 5.69 Å². The van der Waals surface area contributed by atoms with Crippen molar-refractivity contribution in [1.82, 2.24) is 9.88 Å². The Bertz CT molecular complexity index is 619. The van der Waals surface area contributed by atoms with Crippen LogP contribution >= 0.6 is 0 Å². The van der Waals surface area contributed by atoms with Crippen LogP contribution in [0, 0.1) is 13.8 Å². The van der Waals surface area contributed by atoms with E-state index in [0.29, 0.717) is 12.4 Å². The fourth-order valence-electron chi connectivity index (χ4n) is 2.03. The number of nitrogens with zero attached hydrogens (tertiary/aromatic N) is 2. The highest BCUT2D eigenvalue weighted by molar-refractivity contribution is 5.84. The molecular formula is C15H18N2O3. The molecule has 2 rings (SSSR count). The average Bonchev–Trinajstić information content (AvgIpc) is 2.82. The van der Waals surface area contributed by atoms with Crippen LogP contribution in [0.15, 0.2) is 28.9 Å². The average molecular weight is 274 g/mol. The number of carboxylic acid groups (broad SMARTS) is 1. The molecule has 2 aromatic rings. The van der Waals surface area contributed by atoms with Gasteiger partial charge in [-0.3, -0.25) is 4.90 Å². The highest BCUT2D eigenvalue weighted by Crippen LogP contribution is 2.14. The highest BCUT2D eigenvalue weighted by Gasteiger charge is 2.12. The van der Waals surface area contributed by atoms with Crippen LogP contribution in [-0.2, 0) is 13.1 Å². The Hall–Kier alpha value is -2.14. The topological polar surface area (TPSA) is 66.6 Å². The molecular weight excluding hydrogens is 256 g/mol. The third-order valence-electron chi connectivity index (χ3n) is 3.12. The molecule has 0 spiro atoms. The first kappa shape index (κ1) is 14.3. The monoisotopic (exact) mass is 274 g/mol. The van der Waals surface area contributed by atoms with Gasteiger partial charge in [0.1, 0.15) is 6.26 Å². The summed E-state index contributed by atoms with van der Waals surface area (Å²) in [6.45, 7) is 5.38. The number of hydrogen-bond donors (Lipinski definition) is 1. The second-order valence-electron chi connectivity index (χ2n) is 5.03. The van der Waals surface area contributed by atoms with E-state index in [-0.39, 0.29) is 5.69 Å². The van der Waals surface area contributed by atoms with Crippen LogP contribution in [0.2, 0.25) is 0 Å². The van der Waals surface area contributed by atoms with Crippen molar-refractivity contribution in [2.45, 2.75) is 26.9 Å². The molecule has 1 aromatic heterocycles. The van der Waals surface area contributed by atoms with Crippen molar-refractivity contribution >= 4 is 5.97 Å². The summed E-state index contributed by atoms with van der Waals surface area (Å²) >= 11 is 0. The molecule has 5 heteroatoms. The predicted molar refractivity (Wildman–Crippen MR) is 74.5 cm³/mol. The van der Waals surface area contributed by atoms with Gasteiger partial charge in [0, 0.05) is 6.54 Å². The first-order valence-corrected chi connectivity index (χ1v) is 6.38. The number of hydrogen-bond acceptors (Lipinski definition) is 4. The van der Waals surface area contributed by atoms with E-state index in [9.17, 15) is 4.79 Å². The van der Waals surface area contributed by atoms with Crippen molar-refractivity contribution in [1.29, 1.82) is 0 Å². The zero-order valence-electron chi connectivity index (χ0n) is 11.9. The lowest BCUT2D eigenvalue weighted by atomic mass is 10.1. The van der Waals surface area contributed by atoms with Crippen molar-refractivity contribution in [3.05, 3.63) is 52.7 Å². The third kappa shape index (κ3) is 3.45. The van der Waals surface area contributed by atoms with Gasteiger partial charge in [0.2, 0.25) is 5.89 Å². The zero-order valence-corrected chi connectivity index (χ0v) is 11.9. The smallest absolute Gasteiger partial charge is 0.357 e. The normalized spacial score (nSPS) is 11.0. The van der Waals surface area contributed by atoms with Crippen molar-refractivity contribution in [3.8, 4) is 0 Å². The number of benzene rings is 1. The maximum atomic E-state index is 10.7. The van der Waals surface area contributed by atoms with E-state index < -0.39 is 5.97 Å². The fraction of sp³-hybridized carbons (Fsp3) is 0.333. The summed E-state index contributed by atoms with van der Waals surface area (Å²) in [6.07, 6.45) is 1.17. The van der Waals surface area contributed by atoms with Gasteiger partial charge in [-0.2, -0.15) is 0 Å². The van der Waals surface area contributed by atoms with Crippen LogP contribution in [0.3, 0.4) is 0 Å². The summed E-state index contributed by atoms with van der Waals surface area (Å²) in [5, 5.41) is 8.80. The van der Waals surface area contributed by atoms with E-state index in [1.54, 1.807) is 0 Å². The molecule has 5 nitrogen and oxygen atoms in total. The van der Waals surface area contributed by atoms with Crippen LogP contribution in [0.1, 0.15) is 33.1 Å². The quantitative estimate of drug-likeness (QED) is 0.907. The molecule has 1 aromatic carbocycles. The summed E-state index contributed by atoms with van der Waals surface area (Å²) < 4.78 is 5.15. The second-order valence-corrected chi connectivity index (χ2v) is 5.03. The van der Waals surface area contributed by atoms with E-state index >= 15 is 0 Å². The first-order chi connectivity index (χ1) is 9.45. The van der Waals surface area contributed by atoms with E-state index in [0.717, 1.165) is 6.54 Å². The van der Waals surface area contributed by atoms with Crippen molar-refractivity contribution in [2.24, 2.45) is 0 Å². The molecule has 0 aliphatic carbocycles. The third-order valence-corrected chi connectivity index (χ3v) is 3.12. The lowest BCUT2D eigenvalue weighted by molar-refractivity contribution is 0.0690. The highest BCUT2D eigenvalue weighted by atomic mass is 16.4. The van der Waals surface area contributed by atoms with Gasteiger partial charge in [-0.15, -0.1) is 0 Å². The Kier molecular flexibility index (Phi) is 4.20. The number of oxazole rings is 1. The van der Waals surface area contributed by atoms with E-state index in [4.69, 9.17) is 9.52 Å². The molecule has 1 N–H and O–H groups in total. The number of aromatic nitrogens is 1. The molecule has 0 bridgehead atoms. The SMILES string of the molecule is Cc1ccc(C)c(CN(C)Cc2nc(C(=O)O)co2)c1. The molecule has 0 aliphatic heterocycles. The van der Waals surface area contributed by atoms with Gasteiger partial charge in [0.05, 0.1) is 6.54 Å². The predicted octanol–water partition coefficient (Wildman–Crippen LogP) is 2.62. The van der Waals surface area contributed by atoms with Crippen LogP contribution < -0.4 is 0 Å². The molecule has 20 heavy (non-hydrogen) atoms.